The third-order valence-electron chi connectivity index (χ3n) is 4.72. The van der Waals surface area contributed by atoms with Crippen LogP contribution in [0, 0.1) is 13.8 Å². The van der Waals surface area contributed by atoms with E-state index in [2.05, 4.69) is 16.0 Å². The number of esters is 1. The molecule has 5 N–H and O–H groups in total. The van der Waals surface area contributed by atoms with Gasteiger partial charge in [0.1, 0.15) is 11.6 Å². The van der Waals surface area contributed by atoms with E-state index in [1.807, 2.05) is 6.92 Å². The number of hydrogen-bond donors (Lipinski definition) is 4. The van der Waals surface area contributed by atoms with Gasteiger partial charge < -0.3 is 31.2 Å². The van der Waals surface area contributed by atoms with E-state index < -0.39 is 17.8 Å². The third kappa shape index (κ3) is 6.77. The highest BCUT2D eigenvalue weighted by atomic mass is 32.1. The van der Waals surface area contributed by atoms with E-state index in [1.54, 1.807) is 32.0 Å². The number of thiophene rings is 1. The molecular weight excluding hydrogens is 448 g/mol. The summed E-state index contributed by atoms with van der Waals surface area (Å²) in [6.07, 6.45) is 0.350. The van der Waals surface area contributed by atoms with Crippen molar-refractivity contribution in [2.75, 3.05) is 42.8 Å². The second-order valence-electron chi connectivity index (χ2n) is 7.03. The molecular formula is C22H28N4O6S. The fraction of sp³-hybridized carbons (Fsp3) is 0.364. The molecule has 1 aromatic heterocycles. The first-order valence-corrected chi connectivity index (χ1v) is 11.0. The quantitative estimate of drug-likeness (QED) is 0.288. The van der Waals surface area contributed by atoms with Crippen LogP contribution in [0.5, 0.6) is 0 Å². The Morgan fingerprint density at radius 3 is 2.33 bits per heavy atom. The molecule has 0 bridgehead atoms. The zero-order valence-electron chi connectivity index (χ0n) is 19.0. The fourth-order valence-electron chi connectivity index (χ4n) is 2.92. The molecule has 2 rings (SSSR count). The van der Waals surface area contributed by atoms with Crippen LogP contribution in [0.2, 0.25) is 0 Å². The molecule has 0 saturated carbocycles. The minimum absolute atomic E-state index is 0.0235. The predicted molar refractivity (Wildman–Crippen MR) is 127 cm³/mol. The molecule has 0 fully saturated rings. The summed E-state index contributed by atoms with van der Waals surface area (Å²) >= 11 is 0.913. The van der Waals surface area contributed by atoms with Crippen LogP contribution in [0.25, 0.3) is 0 Å². The van der Waals surface area contributed by atoms with Gasteiger partial charge >= 0.3 is 5.97 Å². The van der Waals surface area contributed by atoms with Crippen LogP contribution < -0.4 is 21.7 Å². The molecule has 0 aliphatic carbocycles. The molecule has 2 aromatic rings. The summed E-state index contributed by atoms with van der Waals surface area (Å²) in [5.41, 5.74) is 7.91. The van der Waals surface area contributed by atoms with E-state index in [4.69, 9.17) is 15.2 Å². The van der Waals surface area contributed by atoms with Crippen LogP contribution in [0.15, 0.2) is 18.2 Å². The average Bonchev–Trinajstić information content (AvgIpc) is 3.10. The average molecular weight is 477 g/mol. The lowest BCUT2D eigenvalue weighted by atomic mass is 10.1. The van der Waals surface area contributed by atoms with Crippen molar-refractivity contribution in [1.82, 2.24) is 0 Å². The SMILES string of the molecule is CCC(=O)Nc1cccc(NCC(=O)Nc2sc(C(N)=O)c(C)c2C(=O)OCCOC)c1C. The number of nitrogens with one attached hydrogen (secondary N) is 3. The minimum atomic E-state index is -0.705. The number of rotatable bonds is 11. The Hall–Kier alpha value is -3.44. The summed E-state index contributed by atoms with van der Waals surface area (Å²) in [4.78, 5) is 48.7. The number of anilines is 3. The first-order valence-electron chi connectivity index (χ1n) is 10.2. The number of ether oxygens (including phenoxy) is 2. The third-order valence-corrected chi connectivity index (χ3v) is 5.94. The van der Waals surface area contributed by atoms with Gasteiger partial charge in [0.05, 0.1) is 23.6 Å². The maximum atomic E-state index is 12.6. The van der Waals surface area contributed by atoms with Crippen molar-refractivity contribution < 1.29 is 28.7 Å². The molecule has 1 aromatic carbocycles. The predicted octanol–water partition coefficient (Wildman–Crippen LogP) is 2.67. The van der Waals surface area contributed by atoms with E-state index in [1.165, 1.54) is 7.11 Å². The summed E-state index contributed by atoms with van der Waals surface area (Å²) in [6.45, 7) is 5.26. The molecule has 0 unspecified atom stereocenters. The summed E-state index contributed by atoms with van der Waals surface area (Å²) < 4.78 is 10.0. The molecule has 0 aliphatic heterocycles. The Bertz CT molecular complexity index is 1050. The van der Waals surface area contributed by atoms with Gasteiger partial charge in [-0.3, -0.25) is 14.4 Å². The maximum Gasteiger partial charge on any atom is 0.341 e. The van der Waals surface area contributed by atoms with Gasteiger partial charge in [-0.2, -0.15) is 0 Å². The number of methoxy groups -OCH3 is 1. The second kappa shape index (κ2) is 12.0. The normalized spacial score (nSPS) is 10.4. The van der Waals surface area contributed by atoms with Gasteiger partial charge in [-0.15, -0.1) is 11.3 Å². The molecule has 3 amide bonds. The van der Waals surface area contributed by atoms with E-state index in [0.29, 0.717) is 23.4 Å². The highest BCUT2D eigenvalue weighted by Gasteiger charge is 2.25. The zero-order valence-corrected chi connectivity index (χ0v) is 19.8. The summed E-state index contributed by atoms with van der Waals surface area (Å²) in [5.74, 6) is -1.95. The van der Waals surface area contributed by atoms with Crippen molar-refractivity contribution >= 4 is 51.4 Å². The van der Waals surface area contributed by atoms with Crippen molar-refractivity contribution in [3.8, 4) is 0 Å². The topological polar surface area (TPSA) is 149 Å². The molecule has 0 spiro atoms. The smallest absolute Gasteiger partial charge is 0.341 e. The molecule has 11 heteroatoms. The lowest BCUT2D eigenvalue weighted by Gasteiger charge is -2.14. The number of primary amides is 1. The van der Waals surface area contributed by atoms with Gasteiger partial charge in [0.15, 0.2) is 0 Å². The summed E-state index contributed by atoms with van der Waals surface area (Å²) in [6, 6.07) is 5.31. The first-order chi connectivity index (χ1) is 15.7. The fourth-order valence-corrected chi connectivity index (χ4v) is 3.98. The van der Waals surface area contributed by atoms with Crippen molar-refractivity contribution in [3.63, 3.8) is 0 Å². The van der Waals surface area contributed by atoms with Crippen molar-refractivity contribution in [2.45, 2.75) is 27.2 Å². The number of hydrogen-bond acceptors (Lipinski definition) is 8. The van der Waals surface area contributed by atoms with Crippen LogP contribution in [0.1, 0.15) is 44.5 Å². The largest absolute Gasteiger partial charge is 0.460 e. The van der Waals surface area contributed by atoms with E-state index >= 15 is 0 Å². The molecule has 10 nitrogen and oxygen atoms in total. The Morgan fingerprint density at radius 2 is 1.70 bits per heavy atom. The molecule has 0 atom stereocenters. The molecule has 178 valence electrons. The summed E-state index contributed by atoms with van der Waals surface area (Å²) in [7, 11) is 1.47. The van der Waals surface area contributed by atoms with Crippen LogP contribution in [0.4, 0.5) is 16.4 Å². The Morgan fingerprint density at radius 1 is 1.00 bits per heavy atom. The maximum absolute atomic E-state index is 12.6. The first kappa shape index (κ1) is 25.8. The Labute approximate surface area is 195 Å². The Kier molecular flexibility index (Phi) is 9.37. The number of carbonyl (C=O) groups excluding carboxylic acids is 4. The van der Waals surface area contributed by atoms with Crippen molar-refractivity contribution in [2.24, 2.45) is 5.73 Å². The monoisotopic (exact) mass is 476 g/mol. The number of nitrogens with two attached hydrogens (primary N) is 1. The van der Waals surface area contributed by atoms with Gasteiger partial charge in [0.2, 0.25) is 11.8 Å². The van der Waals surface area contributed by atoms with Crippen LogP contribution >= 0.6 is 11.3 Å². The highest BCUT2D eigenvalue weighted by Crippen LogP contribution is 2.33. The van der Waals surface area contributed by atoms with E-state index in [-0.39, 0.29) is 41.1 Å². The van der Waals surface area contributed by atoms with Crippen molar-refractivity contribution in [1.29, 1.82) is 0 Å². The molecule has 0 radical (unpaired) electrons. The van der Waals surface area contributed by atoms with Crippen LogP contribution in [0.3, 0.4) is 0 Å². The molecule has 1 heterocycles. The number of benzene rings is 1. The Balaban J connectivity index is 2.15. The lowest BCUT2D eigenvalue weighted by molar-refractivity contribution is -0.116. The van der Waals surface area contributed by atoms with E-state index in [0.717, 1.165) is 16.9 Å². The van der Waals surface area contributed by atoms with Gasteiger partial charge in [-0.1, -0.05) is 13.0 Å². The zero-order chi connectivity index (χ0) is 24.5. The molecule has 0 saturated heterocycles. The number of carbonyl (C=O) groups is 4. The second-order valence-corrected chi connectivity index (χ2v) is 8.06. The standard InChI is InChI=1S/C22H28N4O6S/c1-5-16(27)25-15-8-6-7-14(12(15)2)24-11-17(28)26-21-18(22(30)32-10-9-31-4)13(3)19(33-21)20(23)29/h6-8,24H,5,9-11H2,1-4H3,(H2,23,29)(H,25,27)(H,26,28). The molecule has 33 heavy (non-hydrogen) atoms. The van der Waals surface area contributed by atoms with Crippen LogP contribution in [-0.4, -0.2) is 50.6 Å². The summed E-state index contributed by atoms with van der Waals surface area (Å²) in [5, 5.41) is 8.65. The van der Waals surface area contributed by atoms with Gasteiger partial charge in [-0.25, -0.2) is 4.79 Å². The van der Waals surface area contributed by atoms with Crippen LogP contribution in [-0.2, 0) is 19.1 Å². The van der Waals surface area contributed by atoms with E-state index in [9.17, 15) is 19.2 Å². The van der Waals surface area contributed by atoms with Gasteiger partial charge in [-0.05, 0) is 37.1 Å². The highest BCUT2D eigenvalue weighted by molar-refractivity contribution is 7.18. The number of amides is 3. The van der Waals surface area contributed by atoms with Gasteiger partial charge in [0.25, 0.3) is 5.91 Å². The van der Waals surface area contributed by atoms with Crippen molar-refractivity contribution in [3.05, 3.63) is 39.8 Å². The molecule has 0 aliphatic rings. The lowest BCUT2D eigenvalue weighted by Crippen LogP contribution is -2.23. The van der Waals surface area contributed by atoms with Gasteiger partial charge in [0, 0.05) is 24.9 Å². The minimum Gasteiger partial charge on any atom is -0.460 e.